The molecule has 6 rings (SSSR count). The number of nitrogens with one attached hydrogen (secondary N) is 2. The van der Waals surface area contributed by atoms with Crippen molar-refractivity contribution in [3.8, 4) is 23.0 Å². The summed E-state index contributed by atoms with van der Waals surface area (Å²) in [6.45, 7) is 4.32. The van der Waals surface area contributed by atoms with E-state index >= 15 is 0 Å². The van der Waals surface area contributed by atoms with Crippen LogP contribution in [0.1, 0.15) is 36.9 Å². The molecule has 4 heterocycles. The Labute approximate surface area is 203 Å². The highest BCUT2D eigenvalue weighted by atomic mass is 16.5. The number of H-pyrrole nitrogens is 1. The molecule has 7 nitrogen and oxygen atoms in total. The highest BCUT2D eigenvalue weighted by Gasteiger charge is 2.16. The van der Waals surface area contributed by atoms with Crippen molar-refractivity contribution in [1.82, 2.24) is 25.5 Å². The monoisotopic (exact) mass is 467 g/mol. The Hall–Kier alpha value is -3.71. The van der Waals surface area contributed by atoms with E-state index in [9.17, 15) is 0 Å². The normalized spacial score (nSPS) is 16.2. The fourth-order valence-corrected chi connectivity index (χ4v) is 4.98. The van der Waals surface area contributed by atoms with E-state index in [-0.39, 0.29) is 0 Å². The first-order valence-electron chi connectivity index (χ1n) is 12.4. The second kappa shape index (κ2) is 9.50. The Morgan fingerprint density at radius 1 is 1.11 bits per heavy atom. The number of fused-ring (bicyclic) bond motifs is 2. The molecule has 1 unspecified atom stereocenters. The minimum absolute atomic E-state index is 0.609. The van der Waals surface area contributed by atoms with E-state index in [2.05, 4.69) is 25.5 Å². The molecule has 1 atom stereocenters. The number of aromatic nitrogens is 4. The molecule has 2 aromatic carbocycles. The Kier molecular flexibility index (Phi) is 5.92. The van der Waals surface area contributed by atoms with Crippen molar-refractivity contribution in [2.24, 2.45) is 5.92 Å². The molecule has 1 fully saturated rings. The predicted octanol–water partition coefficient (Wildman–Crippen LogP) is 6.19. The number of para-hydroxylation sites is 1. The minimum atomic E-state index is 0.609. The summed E-state index contributed by atoms with van der Waals surface area (Å²) in [4.78, 5) is 9.06. The predicted molar refractivity (Wildman–Crippen MR) is 137 cm³/mol. The molecule has 7 heteroatoms. The number of nitrogens with zero attached hydrogens (tertiary/aromatic N) is 3. The number of aromatic amines is 1. The number of pyridine rings is 1. The van der Waals surface area contributed by atoms with E-state index in [1.54, 1.807) is 6.20 Å². The molecule has 0 spiro atoms. The molecule has 0 radical (unpaired) electrons. The first-order chi connectivity index (χ1) is 17.2. The van der Waals surface area contributed by atoms with Gasteiger partial charge in [-0.1, -0.05) is 12.1 Å². The third-order valence-electron chi connectivity index (χ3n) is 6.87. The molecule has 1 aliphatic rings. The smallest absolute Gasteiger partial charge is 0.227 e. The van der Waals surface area contributed by atoms with E-state index in [1.807, 2.05) is 55.5 Å². The van der Waals surface area contributed by atoms with Gasteiger partial charge in [0.15, 0.2) is 11.2 Å². The second-order valence-electron chi connectivity index (χ2n) is 9.38. The summed E-state index contributed by atoms with van der Waals surface area (Å²) in [5, 5.41) is 12.1. The van der Waals surface area contributed by atoms with Crippen LogP contribution in [0.3, 0.4) is 0 Å². The maximum atomic E-state index is 6.29. The van der Waals surface area contributed by atoms with Gasteiger partial charge in [-0.2, -0.15) is 5.10 Å². The van der Waals surface area contributed by atoms with Crippen LogP contribution in [0.15, 0.2) is 59.1 Å². The summed E-state index contributed by atoms with van der Waals surface area (Å²) in [7, 11) is 0. The summed E-state index contributed by atoms with van der Waals surface area (Å²) < 4.78 is 12.3. The van der Waals surface area contributed by atoms with Crippen molar-refractivity contribution in [3.05, 3.63) is 66.0 Å². The Morgan fingerprint density at radius 3 is 2.86 bits per heavy atom. The average molecular weight is 468 g/mol. The quantitative estimate of drug-likeness (QED) is 0.297. The second-order valence-corrected chi connectivity index (χ2v) is 9.38. The van der Waals surface area contributed by atoms with Crippen molar-refractivity contribution in [2.75, 3.05) is 13.1 Å². The Bertz CT molecular complexity index is 1450. The maximum Gasteiger partial charge on any atom is 0.227 e. The summed E-state index contributed by atoms with van der Waals surface area (Å²) in [6, 6.07) is 15.7. The van der Waals surface area contributed by atoms with Crippen molar-refractivity contribution in [3.63, 3.8) is 0 Å². The summed E-state index contributed by atoms with van der Waals surface area (Å²) in [5.41, 5.74) is 5.46. The van der Waals surface area contributed by atoms with Gasteiger partial charge in [0, 0.05) is 17.5 Å². The van der Waals surface area contributed by atoms with Gasteiger partial charge in [-0.3, -0.25) is 5.10 Å². The topological polar surface area (TPSA) is 88.9 Å². The van der Waals surface area contributed by atoms with Crippen LogP contribution < -0.4 is 10.1 Å². The highest BCUT2D eigenvalue weighted by molar-refractivity contribution is 5.85. The molecule has 0 bridgehead atoms. The summed E-state index contributed by atoms with van der Waals surface area (Å²) >= 11 is 0. The molecule has 0 amide bonds. The van der Waals surface area contributed by atoms with E-state index in [0.29, 0.717) is 11.5 Å². The van der Waals surface area contributed by atoms with Crippen LogP contribution in [0.25, 0.3) is 33.6 Å². The number of ether oxygens (including phenoxy) is 1. The number of benzene rings is 2. The van der Waals surface area contributed by atoms with Crippen molar-refractivity contribution in [1.29, 1.82) is 0 Å². The van der Waals surface area contributed by atoms with Crippen LogP contribution >= 0.6 is 0 Å². The minimum Gasteiger partial charge on any atom is -0.456 e. The van der Waals surface area contributed by atoms with Crippen molar-refractivity contribution in [2.45, 2.75) is 39.0 Å². The van der Waals surface area contributed by atoms with Gasteiger partial charge in [0.25, 0.3) is 0 Å². The number of aryl methyl sites for hydroxylation is 2. The van der Waals surface area contributed by atoms with Crippen molar-refractivity contribution < 1.29 is 9.15 Å². The van der Waals surface area contributed by atoms with Crippen molar-refractivity contribution >= 4 is 22.1 Å². The Morgan fingerprint density at radius 2 is 2.03 bits per heavy atom. The molecule has 0 aliphatic carbocycles. The van der Waals surface area contributed by atoms with Gasteiger partial charge in [-0.05, 0) is 100.0 Å². The van der Waals surface area contributed by atoms with Gasteiger partial charge in [0.1, 0.15) is 17.0 Å². The SMILES string of the molecule is Cc1cccc2nc(-c3ccc(Oc4ccnc5n[nH]c(CCCC6CCCNC6)c45)cc3)oc12. The standard InChI is InChI=1S/C28H29N5O2/c1-18-5-2-9-23-26(18)35-28(31-23)20-10-12-21(13-11-20)34-24-14-16-30-27-25(24)22(32-33-27)8-3-6-19-7-4-15-29-17-19/h2,5,9-14,16,19,29H,3-4,6-8,15,17H2,1H3,(H,30,32,33). The molecule has 5 aromatic rings. The zero-order valence-electron chi connectivity index (χ0n) is 19.9. The number of piperidine rings is 1. The van der Waals surface area contributed by atoms with Gasteiger partial charge < -0.3 is 14.5 Å². The molecule has 2 N–H and O–H groups in total. The molecule has 35 heavy (non-hydrogen) atoms. The zero-order chi connectivity index (χ0) is 23.6. The number of hydrogen-bond donors (Lipinski definition) is 2. The third-order valence-corrected chi connectivity index (χ3v) is 6.87. The van der Waals surface area contributed by atoms with Crippen LogP contribution in [-0.4, -0.2) is 33.3 Å². The molecule has 0 saturated carbocycles. The molecular formula is C28H29N5O2. The number of rotatable bonds is 7. The van der Waals surface area contributed by atoms with Gasteiger partial charge in [-0.25, -0.2) is 9.97 Å². The number of hydrogen-bond acceptors (Lipinski definition) is 6. The first kappa shape index (κ1) is 21.8. The van der Waals surface area contributed by atoms with Crippen LogP contribution in [0, 0.1) is 12.8 Å². The highest BCUT2D eigenvalue weighted by Crippen LogP contribution is 2.33. The summed E-state index contributed by atoms with van der Waals surface area (Å²) in [5.74, 6) is 2.89. The van der Waals surface area contributed by atoms with Crippen LogP contribution in [0.5, 0.6) is 11.5 Å². The first-order valence-corrected chi connectivity index (χ1v) is 12.4. The average Bonchev–Trinajstić information content (AvgIpc) is 3.51. The lowest BCUT2D eigenvalue weighted by Gasteiger charge is -2.22. The van der Waals surface area contributed by atoms with Crippen LogP contribution in [0.4, 0.5) is 0 Å². The van der Waals surface area contributed by atoms with Gasteiger partial charge in [0.05, 0.1) is 5.39 Å². The zero-order valence-corrected chi connectivity index (χ0v) is 19.9. The summed E-state index contributed by atoms with van der Waals surface area (Å²) in [6.07, 6.45) is 7.63. The van der Waals surface area contributed by atoms with Gasteiger partial charge in [0.2, 0.25) is 5.89 Å². The molecule has 1 aliphatic heterocycles. The lowest BCUT2D eigenvalue weighted by Crippen LogP contribution is -2.29. The molecule has 1 saturated heterocycles. The fraction of sp³-hybridized carbons (Fsp3) is 0.321. The lowest BCUT2D eigenvalue weighted by molar-refractivity contribution is 0.350. The molecular weight excluding hydrogens is 438 g/mol. The lowest BCUT2D eigenvalue weighted by atomic mass is 9.93. The van der Waals surface area contributed by atoms with Gasteiger partial charge in [-0.15, -0.1) is 0 Å². The Balaban J connectivity index is 1.19. The fourth-order valence-electron chi connectivity index (χ4n) is 4.98. The van der Waals surface area contributed by atoms with Crippen LogP contribution in [-0.2, 0) is 6.42 Å². The van der Waals surface area contributed by atoms with E-state index in [0.717, 1.165) is 76.7 Å². The van der Waals surface area contributed by atoms with Crippen LogP contribution in [0.2, 0.25) is 0 Å². The molecule has 178 valence electrons. The van der Waals surface area contributed by atoms with E-state index < -0.39 is 0 Å². The maximum absolute atomic E-state index is 6.29. The van der Waals surface area contributed by atoms with E-state index in [4.69, 9.17) is 9.15 Å². The third kappa shape index (κ3) is 4.51. The molecule has 3 aromatic heterocycles. The largest absolute Gasteiger partial charge is 0.456 e. The van der Waals surface area contributed by atoms with E-state index in [1.165, 1.54) is 19.3 Å². The van der Waals surface area contributed by atoms with Gasteiger partial charge >= 0.3 is 0 Å². The number of oxazole rings is 1.